The van der Waals surface area contributed by atoms with Crippen molar-refractivity contribution in [2.75, 3.05) is 40.4 Å². The molecule has 0 aliphatic carbocycles. The topological polar surface area (TPSA) is 89.3 Å². The zero-order valence-electron chi connectivity index (χ0n) is 15.3. The minimum absolute atomic E-state index is 0.0829. The number of carbonyl (C=O) groups excluding carboxylic acids is 1. The van der Waals surface area contributed by atoms with Gasteiger partial charge in [0, 0.05) is 32.7 Å². The normalized spacial score (nSPS) is 15.5. The van der Waals surface area contributed by atoms with E-state index in [1.54, 1.807) is 44.4 Å². The van der Waals surface area contributed by atoms with E-state index in [1.807, 2.05) is 0 Å². The molecule has 2 heterocycles. The molecule has 1 aliphatic rings. The lowest BCUT2D eigenvalue weighted by atomic mass is 10.2. The van der Waals surface area contributed by atoms with Crippen molar-refractivity contribution in [1.29, 1.82) is 0 Å². The van der Waals surface area contributed by atoms with E-state index in [1.165, 1.54) is 15.3 Å². The molecule has 27 heavy (non-hydrogen) atoms. The predicted octanol–water partition coefficient (Wildman–Crippen LogP) is 1.58. The van der Waals surface area contributed by atoms with Crippen LogP contribution in [-0.4, -0.2) is 63.9 Å². The molecule has 0 saturated carbocycles. The fourth-order valence-electron chi connectivity index (χ4n) is 2.60. The number of benzene rings is 1. The van der Waals surface area contributed by atoms with Crippen molar-refractivity contribution in [2.45, 2.75) is 11.7 Å². The number of carbonyl (C=O) groups is 1. The van der Waals surface area contributed by atoms with Crippen molar-refractivity contribution >= 4 is 15.9 Å². The molecule has 1 saturated heterocycles. The van der Waals surface area contributed by atoms with Crippen LogP contribution in [0.15, 0.2) is 45.9 Å². The molecule has 0 atom stereocenters. The first-order valence-corrected chi connectivity index (χ1v) is 9.93. The van der Waals surface area contributed by atoms with Gasteiger partial charge < -0.3 is 18.8 Å². The zero-order valence-corrected chi connectivity index (χ0v) is 16.1. The summed E-state index contributed by atoms with van der Waals surface area (Å²) in [5, 5.41) is -0.102. The second-order valence-electron chi connectivity index (χ2n) is 6.25. The maximum atomic E-state index is 12.5. The fourth-order valence-corrected chi connectivity index (χ4v) is 3.93. The van der Waals surface area contributed by atoms with E-state index < -0.39 is 10.0 Å². The van der Waals surface area contributed by atoms with Gasteiger partial charge in [-0.15, -0.1) is 0 Å². The summed E-state index contributed by atoms with van der Waals surface area (Å²) in [4.78, 5) is 13.4. The Morgan fingerprint density at radius 1 is 1.11 bits per heavy atom. The number of morpholine rings is 1. The van der Waals surface area contributed by atoms with Crippen LogP contribution in [0.5, 0.6) is 5.75 Å². The molecule has 1 aliphatic heterocycles. The van der Waals surface area contributed by atoms with Gasteiger partial charge in [0.2, 0.25) is 5.09 Å². The van der Waals surface area contributed by atoms with Crippen molar-refractivity contribution in [3.8, 4) is 5.75 Å². The number of hydrogen-bond acceptors (Lipinski definition) is 6. The Labute approximate surface area is 158 Å². The van der Waals surface area contributed by atoms with Crippen LogP contribution in [0.2, 0.25) is 0 Å². The summed E-state index contributed by atoms with van der Waals surface area (Å²) >= 11 is 0. The third-order valence-corrected chi connectivity index (χ3v) is 5.86. The average molecular weight is 394 g/mol. The quantitative estimate of drug-likeness (QED) is 0.739. The molecule has 2 aromatic rings. The van der Waals surface area contributed by atoms with Gasteiger partial charge in [0.15, 0.2) is 0 Å². The lowest BCUT2D eigenvalue weighted by Gasteiger charge is -2.24. The Bertz CT molecular complexity index is 883. The third kappa shape index (κ3) is 4.49. The van der Waals surface area contributed by atoms with Crippen molar-refractivity contribution in [3.63, 3.8) is 0 Å². The van der Waals surface area contributed by atoms with E-state index in [2.05, 4.69) is 0 Å². The zero-order chi connectivity index (χ0) is 19.4. The van der Waals surface area contributed by atoms with E-state index in [9.17, 15) is 13.2 Å². The second-order valence-corrected chi connectivity index (χ2v) is 8.12. The first-order valence-electron chi connectivity index (χ1n) is 8.49. The molecular weight excluding hydrogens is 372 g/mol. The predicted molar refractivity (Wildman–Crippen MR) is 97.1 cm³/mol. The van der Waals surface area contributed by atoms with Gasteiger partial charge in [-0.05, 0) is 36.4 Å². The molecule has 3 rings (SSSR count). The van der Waals surface area contributed by atoms with Gasteiger partial charge in [0.1, 0.15) is 18.1 Å². The molecule has 0 unspecified atom stereocenters. The van der Waals surface area contributed by atoms with Crippen LogP contribution in [0, 0.1) is 0 Å². The number of rotatable bonds is 6. The van der Waals surface area contributed by atoms with Gasteiger partial charge in [-0.3, -0.25) is 4.79 Å². The molecule has 0 bridgehead atoms. The Balaban J connectivity index is 1.62. The van der Waals surface area contributed by atoms with Gasteiger partial charge in [0.05, 0.1) is 13.2 Å². The van der Waals surface area contributed by atoms with E-state index in [0.717, 1.165) is 0 Å². The minimum atomic E-state index is -3.66. The van der Waals surface area contributed by atoms with Gasteiger partial charge in [-0.1, -0.05) is 0 Å². The minimum Gasteiger partial charge on any atom is -0.486 e. The van der Waals surface area contributed by atoms with Crippen molar-refractivity contribution in [2.24, 2.45) is 0 Å². The van der Waals surface area contributed by atoms with Crippen LogP contribution >= 0.6 is 0 Å². The van der Waals surface area contributed by atoms with Crippen LogP contribution in [-0.2, 0) is 21.4 Å². The van der Waals surface area contributed by atoms with Gasteiger partial charge in [-0.2, -0.15) is 4.31 Å². The second kappa shape index (κ2) is 8.12. The summed E-state index contributed by atoms with van der Waals surface area (Å²) in [5.74, 6) is 0.861. The van der Waals surface area contributed by atoms with Crippen LogP contribution in [0.25, 0.3) is 0 Å². The Morgan fingerprint density at radius 3 is 2.41 bits per heavy atom. The monoisotopic (exact) mass is 394 g/mol. The number of amides is 1. The van der Waals surface area contributed by atoms with Crippen molar-refractivity contribution in [1.82, 2.24) is 9.21 Å². The third-order valence-electron chi connectivity index (χ3n) is 4.09. The fraction of sp³-hybridized carbons (Fsp3) is 0.389. The number of hydrogen-bond donors (Lipinski definition) is 0. The molecule has 1 aromatic heterocycles. The van der Waals surface area contributed by atoms with Crippen molar-refractivity contribution < 1.29 is 27.1 Å². The van der Waals surface area contributed by atoms with Gasteiger partial charge in [-0.25, -0.2) is 8.42 Å². The molecule has 1 fully saturated rings. The highest BCUT2D eigenvalue weighted by atomic mass is 32.2. The molecule has 1 amide bonds. The highest BCUT2D eigenvalue weighted by molar-refractivity contribution is 7.89. The average Bonchev–Trinajstić information content (AvgIpc) is 3.17. The standard InChI is InChI=1S/C18H22N2O6S/c1-19(2)18(21)14-3-5-15(6-4-14)25-13-16-7-8-17(26-16)27(22,23)20-9-11-24-12-10-20/h3-8H,9-13H2,1-2H3. The largest absolute Gasteiger partial charge is 0.486 e. The first kappa shape index (κ1) is 19.4. The lowest BCUT2D eigenvalue weighted by Crippen LogP contribution is -2.40. The maximum Gasteiger partial charge on any atom is 0.276 e. The van der Waals surface area contributed by atoms with Gasteiger partial charge >= 0.3 is 0 Å². The number of sulfonamides is 1. The van der Waals surface area contributed by atoms with Crippen LogP contribution in [0.4, 0.5) is 0 Å². The smallest absolute Gasteiger partial charge is 0.276 e. The highest BCUT2D eigenvalue weighted by Gasteiger charge is 2.29. The number of nitrogens with zero attached hydrogens (tertiary/aromatic N) is 2. The molecule has 1 aromatic carbocycles. The highest BCUT2D eigenvalue weighted by Crippen LogP contribution is 2.21. The summed E-state index contributed by atoms with van der Waals surface area (Å²) in [7, 11) is -0.285. The van der Waals surface area contributed by atoms with E-state index >= 15 is 0 Å². The summed E-state index contributed by atoms with van der Waals surface area (Å²) in [5.41, 5.74) is 0.559. The Kier molecular flexibility index (Phi) is 5.83. The Morgan fingerprint density at radius 2 is 1.78 bits per heavy atom. The van der Waals surface area contributed by atoms with E-state index in [4.69, 9.17) is 13.9 Å². The SMILES string of the molecule is CN(C)C(=O)c1ccc(OCc2ccc(S(=O)(=O)N3CCOCC3)o2)cc1. The lowest BCUT2D eigenvalue weighted by molar-refractivity contribution is 0.0723. The molecule has 0 radical (unpaired) electrons. The van der Waals surface area contributed by atoms with Crippen LogP contribution in [0.3, 0.4) is 0 Å². The summed E-state index contributed by atoms with van der Waals surface area (Å²) in [6, 6.07) is 9.73. The summed E-state index contributed by atoms with van der Waals surface area (Å²) < 4.78 is 42.7. The first-order chi connectivity index (χ1) is 12.9. The molecule has 8 nitrogen and oxygen atoms in total. The maximum absolute atomic E-state index is 12.5. The molecular formula is C18H22N2O6S. The molecule has 0 spiro atoms. The number of furan rings is 1. The summed E-state index contributed by atoms with van der Waals surface area (Å²) in [6.07, 6.45) is 0. The van der Waals surface area contributed by atoms with E-state index in [0.29, 0.717) is 43.4 Å². The number of ether oxygens (including phenoxy) is 2. The Hall–Kier alpha value is -2.36. The summed E-state index contributed by atoms with van der Waals surface area (Å²) in [6.45, 7) is 1.46. The van der Waals surface area contributed by atoms with Crippen LogP contribution < -0.4 is 4.74 Å². The van der Waals surface area contributed by atoms with Crippen molar-refractivity contribution in [3.05, 3.63) is 47.7 Å². The van der Waals surface area contributed by atoms with Gasteiger partial charge in [0.25, 0.3) is 15.9 Å². The van der Waals surface area contributed by atoms with E-state index in [-0.39, 0.29) is 17.6 Å². The molecule has 0 N–H and O–H groups in total. The molecule has 9 heteroatoms. The molecule has 146 valence electrons. The van der Waals surface area contributed by atoms with Crippen LogP contribution in [0.1, 0.15) is 16.1 Å².